The highest BCUT2D eigenvalue weighted by molar-refractivity contribution is 7.99. The average molecular weight is 438 g/mol. The molecular weight excluding hydrogens is 410 g/mol. The Labute approximate surface area is 186 Å². The number of carbonyl (C=O) groups excluding carboxylic acids is 2. The lowest BCUT2D eigenvalue weighted by atomic mass is 10.1. The molecule has 162 valence electrons. The van der Waals surface area contributed by atoms with Gasteiger partial charge in [-0.2, -0.15) is 0 Å². The maximum Gasteiger partial charge on any atom is 0.251 e. The van der Waals surface area contributed by atoms with Crippen LogP contribution in [0.2, 0.25) is 0 Å². The molecule has 0 unspecified atom stereocenters. The quantitative estimate of drug-likeness (QED) is 0.546. The third kappa shape index (κ3) is 5.52. The molecule has 0 bridgehead atoms. The molecule has 0 saturated heterocycles. The first-order valence-corrected chi connectivity index (χ1v) is 11.0. The van der Waals surface area contributed by atoms with Crippen molar-refractivity contribution in [1.29, 1.82) is 0 Å². The number of anilines is 1. The Morgan fingerprint density at radius 3 is 2.58 bits per heavy atom. The molecule has 3 rings (SSSR count). The second kappa shape index (κ2) is 9.78. The summed E-state index contributed by atoms with van der Waals surface area (Å²) < 4.78 is 1.80. The molecule has 0 aliphatic carbocycles. The number of benzene rings is 2. The van der Waals surface area contributed by atoms with Crippen molar-refractivity contribution in [3.63, 3.8) is 0 Å². The van der Waals surface area contributed by atoms with Gasteiger partial charge in [0.2, 0.25) is 5.91 Å². The molecule has 1 heterocycles. The maximum absolute atomic E-state index is 12.5. The Morgan fingerprint density at radius 1 is 1.10 bits per heavy atom. The number of hydrogen-bond acceptors (Lipinski definition) is 5. The summed E-state index contributed by atoms with van der Waals surface area (Å²) in [5, 5.41) is 14.9. The fraction of sp³-hybridized carbons (Fsp3) is 0.304. The lowest BCUT2D eigenvalue weighted by Crippen LogP contribution is -2.28. The second-order valence-electron chi connectivity index (χ2n) is 7.55. The molecule has 0 spiro atoms. The van der Waals surface area contributed by atoms with Crippen molar-refractivity contribution in [1.82, 2.24) is 20.1 Å². The minimum Gasteiger partial charge on any atom is -0.342 e. The van der Waals surface area contributed by atoms with E-state index in [-0.39, 0.29) is 23.6 Å². The fourth-order valence-corrected chi connectivity index (χ4v) is 3.88. The SMILES string of the molecule is Cc1cccc(C(=O)N[C@@H](C)c2nnc(SCC(=O)Nc3cccc(C)c3C)n2C)c1. The van der Waals surface area contributed by atoms with Gasteiger partial charge in [-0.15, -0.1) is 10.2 Å². The highest BCUT2D eigenvalue weighted by Crippen LogP contribution is 2.21. The lowest BCUT2D eigenvalue weighted by molar-refractivity contribution is -0.113. The highest BCUT2D eigenvalue weighted by Gasteiger charge is 2.19. The van der Waals surface area contributed by atoms with E-state index in [1.54, 1.807) is 10.6 Å². The summed E-state index contributed by atoms with van der Waals surface area (Å²) in [7, 11) is 1.83. The minimum atomic E-state index is -0.330. The van der Waals surface area contributed by atoms with Gasteiger partial charge in [-0.1, -0.05) is 41.6 Å². The number of carbonyl (C=O) groups is 2. The molecule has 0 aliphatic rings. The van der Waals surface area contributed by atoms with E-state index in [0.29, 0.717) is 16.5 Å². The van der Waals surface area contributed by atoms with Gasteiger partial charge in [-0.25, -0.2) is 0 Å². The number of aryl methyl sites for hydroxylation is 2. The maximum atomic E-state index is 12.5. The topological polar surface area (TPSA) is 88.9 Å². The van der Waals surface area contributed by atoms with Gasteiger partial charge in [0.15, 0.2) is 11.0 Å². The van der Waals surface area contributed by atoms with Crippen LogP contribution >= 0.6 is 11.8 Å². The largest absolute Gasteiger partial charge is 0.342 e. The Kier molecular flexibility index (Phi) is 7.12. The molecule has 0 fully saturated rings. The van der Waals surface area contributed by atoms with Gasteiger partial charge in [-0.05, 0) is 57.0 Å². The molecule has 1 aromatic heterocycles. The molecule has 7 nitrogen and oxygen atoms in total. The Balaban J connectivity index is 1.59. The first-order chi connectivity index (χ1) is 14.8. The van der Waals surface area contributed by atoms with Crippen LogP contribution in [0.5, 0.6) is 0 Å². The predicted octanol–water partition coefficient (Wildman–Crippen LogP) is 3.96. The van der Waals surface area contributed by atoms with E-state index in [4.69, 9.17) is 0 Å². The number of aromatic nitrogens is 3. The molecule has 2 amide bonds. The molecular formula is C23H27N5O2S. The van der Waals surface area contributed by atoms with Crippen LogP contribution in [-0.2, 0) is 11.8 Å². The zero-order valence-corrected chi connectivity index (χ0v) is 19.2. The van der Waals surface area contributed by atoms with Crippen molar-refractivity contribution in [2.75, 3.05) is 11.1 Å². The monoisotopic (exact) mass is 437 g/mol. The Bertz CT molecular complexity index is 1110. The third-order valence-corrected chi connectivity index (χ3v) is 6.12. The van der Waals surface area contributed by atoms with Crippen LogP contribution in [0.1, 0.15) is 45.8 Å². The van der Waals surface area contributed by atoms with Gasteiger partial charge in [0.25, 0.3) is 5.91 Å². The van der Waals surface area contributed by atoms with Gasteiger partial charge < -0.3 is 15.2 Å². The van der Waals surface area contributed by atoms with Crippen LogP contribution in [-0.4, -0.2) is 32.3 Å². The van der Waals surface area contributed by atoms with Gasteiger partial charge in [0.05, 0.1) is 11.8 Å². The fourth-order valence-electron chi connectivity index (χ4n) is 3.16. The Hall–Kier alpha value is -3.13. The Morgan fingerprint density at radius 2 is 1.84 bits per heavy atom. The van der Waals surface area contributed by atoms with Gasteiger partial charge in [0, 0.05) is 18.3 Å². The van der Waals surface area contributed by atoms with Gasteiger partial charge in [-0.3, -0.25) is 9.59 Å². The molecule has 0 radical (unpaired) electrons. The summed E-state index contributed by atoms with van der Waals surface area (Å²) >= 11 is 1.30. The molecule has 8 heteroatoms. The van der Waals surface area contributed by atoms with Crippen LogP contribution < -0.4 is 10.6 Å². The smallest absolute Gasteiger partial charge is 0.251 e. The zero-order chi connectivity index (χ0) is 22.5. The van der Waals surface area contributed by atoms with Crippen molar-refractivity contribution >= 4 is 29.3 Å². The van der Waals surface area contributed by atoms with Crippen molar-refractivity contribution in [2.24, 2.45) is 7.05 Å². The number of nitrogens with zero attached hydrogens (tertiary/aromatic N) is 3. The zero-order valence-electron chi connectivity index (χ0n) is 18.4. The highest BCUT2D eigenvalue weighted by atomic mass is 32.2. The first-order valence-electron chi connectivity index (χ1n) is 10.0. The summed E-state index contributed by atoms with van der Waals surface area (Å²) in [4.78, 5) is 24.9. The molecule has 0 saturated carbocycles. The van der Waals surface area contributed by atoms with Crippen LogP contribution in [0.25, 0.3) is 0 Å². The molecule has 0 aliphatic heterocycles. The van der Waals surface area contributed by atoms with Crippen molar-refractivity contribution in [2.45, 2.75) is 38.9 Å². The normalized spacial score (nSPS) is 11.8. The van der Waals surface area contributed by atoms with Crippen molar-refractivity contribution in [3.8, 4) is 0 Å². The van der Waals surface area contributed by atoms with Gasteiger partial charge in [0.1, 0.15) is 0 Å². The van der Waals surface area contributed by atoms with E-state index in [0.717, 1.165) is 22.4 Å². The number of amides is 2. The number of thioether (sulfide) groups is 1. The van der Waals surface area contributed by atoms with Crippen LogP contribution in [0.4, 0.5) is 5.69 Å². The van der Waals surface area contributed by atoms with Gasteiger partial charge >= 0.3 is 0 Å². The number of nitrogens with one attached hydrogen (secondary N) is 2. The molecule has 2 aromatic carbocycles. The van der Waals surface area contributed by atoms with E-state index < -0.39 is 0 Å². The summed E-state index contributed by atoms with van der Waals surface area (Å²) in [6.07, 6.45) is 0. The first kappa shape index (κ1) is 22.6. The van der Waals surface area contributed by atoms with E-state index in [2.05, 4.69) is 20.8 Å². The van der Waals surface area contributed by atoms with Crippen molar-refractivity contribution in [3.05, 3.63) is 70.5 Å². The summed E-state index contributed by atoms with van der Waals surface area (Å²) in [5.74, 6) is 0.562. The lowest BCUT2D eigenvalue weighted by Gasteiger charge is -2.14. The molecule has 2 N–H and O–H groups in total. The average Bonchev–Trinajstić information content (AvgIpc) is 3.10. The minimum absolute atomic E-state index is 0.107. The number of rotatable bonds is 7. The van der Waals surface area contributed by atoms with E-state index >= 15 is 0 Å². The van der Waals surface area contributed by atoms with E-state index in [1.165, 1.54) is 11.8 Å². The van der Waals surface area contributed by atoms with E-state index in [9.17, 15) is 9.59 Å². The number of hydrogen-bond donors (Lipinski definition) is 2. The molecule has 1 atom stereocenters. The van der Waals surface area contributed by atoms with Crippen LogP contribution in [0.3, 0.4) is 0 Å². The van der Waals surface area contributed by atoms with E-state index in [1.807, 2.05) is 71.1 Å². The predicted molar refractivity (Wildman–Crippen MR) is 123 cm³/mol. The standard InChI is InChI=1S/C23H27N5O2S/c1-14-8-6-10-18(12-14)22(30)24-17(4)21-26-27-23(28(21)5)31-13-20(29)25-19-11-7-9-15(2)16(19)3/h6-12,17H,13H2,1-5H3,(H,24,30)(H,25,29)/t17-/m0/s1. The summed E-state index contributed by atoms with van der Waals surface area (Å²) in [6, 6.07) is 12.9. The van der Waals surface area contributed by atoms with Crippen LogP contribution in [0.15, 0.2) is 47.6 Å². The molecule has 31 heavy (non-hydrogen) atoms. The van der Waals surface area contributed by atoms with Crippen LogP contribution in [0, 0.1) is 20.8 Å². The summed E-state index contributed by atoms with van der Waals surface area (Å²) in [6.45, 7) is 7.81. The summed E-state index contributed by atoms with van der Waals surface area (Å²) in [5.41, 5.74) is 4.63. The second-order valence-corrected chi connectivity index (χ2v) is 8.49. The van der Waals surface area contributed by atoms with Crippen molar-refractivity contribution < 1.29 is 9.59 Å². The molecule has 3 aromatic rings. The third-order valence-electron chi connectivity index (χ3n) is 5.09.